The minimum absolute atomic E-state index is 0.381. The summed E-state index contributed by atoms with van der Waals surface area (Å²) in [6.45, 7) is 5.93. The van der Waals surface area contributed by atoms with E-state index in [1.807, 2.05) is 13.0 Å². The van der Waals surface area contributed by atoms with E-state index in [0.717, 1.165) is 43.2 Å². The maximum Gasteiger partial charge on any atom is 0.309 e. The van der Waals surface area contributed by atoms with Crippen LogP contribution in [0.15, 0.2) is 28.7 Å². The van der Waals surface area contributed by atoms with Gasteiger partial charge in [-0.3, -0.25) is 9.69 Å². The van der Waals surface area contributed by atoms with Crippen LogP contribution in [0.5, 0.6) is 0 Å². The van der Waals surface area contributed by atoms with Crippen molar-refractivity contribution in [1.29, 1.82) is 0 Å². The van der Waals surface area contributed by atoms with E-state index in [1.54, 1.807) is 0 Å². The van der Waals surface area contributed by atoms with Crippen LogP contribution >= 0.6 is 15.9 Å². The predicted octanol–water partition coefficient (Wildman–Crippen LogP) is 4.48. The number of hydrogen-bond donors (Lipinski definition) is 1. The van der Waals surface area contributed by atoms with Crippen molar-refractivity contribution in [3.05, 3.63) is 34.3 Å². The second-order valence-corrected chi connectivity index (χ2v) is 6.87. The Morgan fingerprint density at radius 1 is 1.38 bits per heavy atom. The third kappa shape index (κ3) is 3.49. The monoisotopic (exact) mass is 353 g/mol. The van der Waals surface area contributed by atoms with Gasteiger partial charge in [-0.2, -0.15) is 0 Å². The highest BCUT2D eigenvalue weighted by atomic mass is 79.9. The van der Waals surface area contributed by atoms with Gasteiger partial charge in [0.2, 0.25) is 0 Å². The lowest BCUT2D eigenvalue weighted by Crippen LogP contribution is -2.45. The number of likely N-dealkylation sites (tertiary alicyclic amines) is 1. The number of nitrogens with zero attached hydrogens (tertiary/aromatic N) is 1. The van der Waals surface area contributed by atoms with Gasteiger partial charge in [0.1, 0.15) is 0 Å². The molecule has 0 bridgehead atoms. The molecule has 0 aromatic heterocycles. The first-order chi connectivity index (χ1) is 10.0. The molecule has 1 aliphatic heterocycles. The molecular weight excluding hydrogens is 330 g/mol. The Kier molecular flexibility index (Phi) is 5.44. The van der Waals surface area contributed by atoms with Gasteiger partial charge in [-0.25, -0.2) is 0 Å². The van der Waals surface area contributed by atoms with Gasteiger partial charge in [0.15, 0.2) is 0 Å². The minimum Gasteiger partial charge on any atom is -0.481 e. The summed E-state index contributed by atoms with van der Waals surface area (Å²) in [5.41, 5.74) is 0.803. The largest absolute Gasteiger partial charge is 0.481 e. The molecule has 1 N–H and O–H groups in total. The topological polar surface area (TPSA) is 40.5 Å². The lowest BCUT2D eigenvalue weighted by atomic mass is 9.75. The molecule has 0 spiro atoms. The van der Waals surface area contributed by atoms with E-state index in [9.17, 15) is 9.90 Å². The standard InChI is InChI=1S/C17H24BrNO2/c1-3-15(13-6-5-7-14(18)12-13)19-10-8-17(4-2,9-11-19)16(20)21/h5-7,12,15H,3-4,8-11H2,1-2H3,(H,20,21). The Bertz CT molecular complexity index is 495. The highest BCUT2D eigenvalue weighted by Crippen LogP contribution is 2.38. The highest BCUT2D eigenvalue weighted by Gasteiger charge is 2.40. The first-order valence-corrected chi connectivity index (χ1v) is 8.54. The van der Waals surface area contributed by atoms with Crippen molar-refractivity contribution in [1.82, 2.24) is 4.90 Å². The normalized spacial score (nSPS) is 20.1. The molecule has 1 aliphatic rings. The summed E-state index contributed by atoms with van der Waals surface area (Å²) >= 11 is 3.54. The van der Waals surface area contributed by atoms with Gasteiger partial charge in [-0.1, -0.05) is 41.9 Å². The van der Waals surface area contributed by atoms with Gasteiger partial charge in [-0.05, 0) is 56.5 Å². The molecule has 21 heavy (non-hydrogen) atoms. The van der Waals surface area contributed by atoms with Crippen molar-refractivity contribution in [2.75, 3.05) is 13.1 Å². The number of carbonyl (C=O) groups is 1. The van der Waals surface area contributed by atoms with Crippen molar-refractivity contribution in [2.24, 2.45) is 5.41 Å². The molecule has 1 atom stereocenters. The van der Waals surface area contributed by atoms with Gasteiger partial charge in [-0.15, -0.1) is 0 Å². The summed E-state index contributed by atoms with van der Waals surface area (Å²) in [6, 6.07) is 8.83. The lowest BCUT2D eigenvalue weighted by Gasteiger charge is -2.42. The zero-order valence-electron chi connectivity index (χ0n) is 12.8. The minimum atomic E-state index is -0.625. The number of piperidine rings is 1. The molecule has 0 aliphatic carbocycles. The van der Waals surface area contributed by atoms with Gasteiger partial charge in [0.25, 0.3) is 0 Å². The molecule has 0 radical (unpaired) electrons. The van der Waals surface area contributed by atoms with Crippen molar-refractivity contribution < 1.29 is 9.90 Å². The van der Waals surface area contributed by atoms with E-state index in [1.165, 1.54) is 5.56 Å². The van der Waals surface area contributed by atoms with Crippen LogP contribution in [0.25, 0.3) is 0 Å². The molecular formula is C17H24BrNO2. The fraction of sp³-hybridized carbons (Fsp3) is 0.588. The number of rotatable bonds is 5. The van der Waals surface area contributed by atoms with Crippen LogP contribution in [0.2, 0.25) is 0 Å². The van der Waals surface area contributed by atoms with E-state index in [-0.39, 0.29) is 0 Å². The average molecular weight is 354 g/mol. The van der Waals surface area contributed by atoms with Crippen molar-refractivity contribution in [2.45, 2.75) is 45.6 Å². The highest BCUT2D eigenvalue weighted by molar-refractivity contribution is 9.10. The molecule has 4 heteroatoms. The lowest BCUT2D eigenvalue weighted by molar-refractivity contribution is -0.152. The van der Waals surface area contributed by atoms with Gasteiger partial charge >= 0.3 is 5.97 Å². The van der Waals surface area contributed by atoms with E-state index in [2.05, 4.69) is 46.0 Å². The van der Waals surface area contributed by atoms with Crippen molar-refractivity contribution in [3.8, 4) is 0 Å². The van der Waals surface area contributed by atoms with Crippen LogP contribution in [-0.2, 0) is 4.79 Å². The zero-order valence-corrected chi connectivity index (χ0v) is 14.4. The summed E-state index contributed by atoms with van der Waals surface area (Å²) < 4.78 is 1.10. The molecule has 2 rings (SSSR count). The Morgan fingerprint density at radius 3 is 2.52 bits per heavy atom. The van der Waals surface area contributed by atoms with E-state index >= 15 is 0 Å². The smallest absolute Gasteiger partial charge is 0.309 e. The summed E-state index contributed by atoms with van der Waals surface area (Å²) in [6.07, 6.45) is 3.28. The SMILES string of the molecule is CCC(c1cccc(Br)c1)N1CCC(CC)(C(=O)O)CC1. The van der Waals surface area contributed by atoms with Gasteiger partial charge in [0, 0.05) is 10.5 Å². The molecule has 0 amide bonds. The quantitative estimate of drug-likeness (QED) is 0.848. The maximum atomic E-state index is 11.5. The Balaban J connectivity index is 2.11. The van der Waals surface area contributed by atoms with Crippen molar-refractivity contribution in [3.63, 3.8) is 0 Å². The molecule has 1 heterocycles. The van der Waals surface area contributed by atoms with E-state index < -0.39 is 11.4 Å². The number of carboxylic acids is 1. The van der Waals surface area contributed by atoms with Gasteiger partial charge in [0.05, 0.1) is 5.41 Å². The fourth-order valence-electron chi connectivity index (χ4n) is 3.40. The first-order valence-electron chi connectivity index (χ1n) is 7.75. The molecule has 1 aromatic rings. The van der Waals surface area contributed by atoms with Crippen LogP contribution < -0.4 is 0 Å². The molecule has 116 valence electrons. The molecule has 3 nitrogen and oxygen atoms in total. The van der Waals surface area contributed by atoms with Crippen LogP contribution in [0.3, 0.4) is 0 Å². The molecule has 0 saturated carbocycles. The van der Waals surface area contributed by atoms with Gasteiger partial charge < -0.3 is 5.11 Å². The molecule has 1 saturated heterocycles. The summed E-state index contributed by atoms with van der Waals surface area (Å²) in [4.78, 5) is 14.0. The van der Waals surface area contributed by atoms with Crippen LogP contribution in [-0.4, -0.2) is 29.1 Å². The number of hydrogen-bond acceptors (Lipinski definition) is 2. The number of aliphatic carboxylic acids is 1. The fourth-order valence-corrected chi connectivity index (χ4v) is 3.82. The molecule has 1 unspecified atom stereocenters. The third-order valence-corrected chi connectivity index (χ3v) is 5.44. The van der Waals surface area contributed by atoms with Crippen LogP contribution in [0.4, 0.5) is 0 Å². The first kappa shape index (κ1) is 16.5. The number of carboxylic acid groups (broad SMARTS) is 1. The van der Waals surface area contributed by atoms with Crippen LogP contribution in [0.1, 0.15) is 51.1 Å². The number of halogens is 1. The second-order valence-electron chi connectivity index (χ2n) is 5.95. The van der Waals surface area contributed by atoms with Crippen LogP contribution in [0, 0.1) is 5.41 Å². The summed E-state index contributed by atoms with van der Waals surface area (Å²) in [7, 11) is 0. The third-order valence-electron chi connectivity index (χ3n) is 4.95. The van der Waals surface area contributed by atoms with E-state index in [4.69, 9.17) is 0 Å². The predicted molar refractivity (Wildman–Crippen MR) is 88.3 cm³/mol. The average Bonchev–Trinajstić information content (AvgIpc) is 2.49. The maximum absolute atomic E-state index is 11.5. The Morgan fingerprint density at radius 2 is 2.05 bits per heavy atom. The zero-order chi connectivity index (χ0) is 15.5. The molecule has 1 aromatic carbocycles. The Labute approximate surface area is 135 Å². The van der Waals surface area contributed by atoms with Crippen molar-refractivity contribution >= 4 is 21.9 Å². The molecule has 1 fully saturated rings. The summed E-state index contributed by atoms with van der Waals surface area (Å²) in [5, 5.41) is 9.50. The summed E-state index contributed by atoms with van der Waals surface area (Å²) in [5.74, 6) is -0.625. The number of benzene rings is 1. The second kappa shape index (κ2) is 6.93. The van der Waals surface area contributed by atoms with E-state index in [0.29, 0.717) is 6.04 Å². The Hall–Kier alpha value is -0.870.